The van der Waals surface area contributed by atoms with Crippen LogP contribution in [0.4, 0.5) is 0 Å². The Labute approximate surface area is 182 Å². The van der Waals surface area contributed by atoms with E-state index in [1.165, 1.54) is 0 Å². The molecule has 0 radical (unpaired) electrons. The van der Waals surface area contributed by atoms with Crippen LogP contribution in [-0.4, -0.2) is 72.2 Å². The van der Waals surface area contributed by atoms with Crippen molar-refractivity contribution in [3.8, 4) is 0 Å². The molecule has 1 fully saturated rings. The number of nitrogens with one attached hydrogen (secondary N) is 2. The summed E-state index contributed by atoms with van der Waals surface area (Å²) in [7, 11) is 0. The van der Waals surface area contributed by atoms with Gasteiger partial charge in [-0.2, -0.15) is 0 Å². The number of nitrogens with zero attached hydrogens (tertiary/aromatic N) is 2. The highest BCUT2D eigenvalue weighted by atomic mass is 16.2. The molecule has 2 heterocycles. The average molecular weight is 430 g/mol. The Morgan fingerprint density at radius 1 is 1.16 bits per heavy atom. The van der Waals surface area contributed by atoms with E-state index in [0.29, 0.717) is 24.2 Å². The normalized spacial score (nSPS) is 18.7. The van der Waals surface area contributed by atoms with Crippen molar-refractivity contribution >= 4 is 23.6 Å². The summed E-state index contributed by atoms with van der Waals surface area (Å²) in [4.78, 5) is 52.9. The van der Waals surface area contributed by atoms with Gasteiger partial charge in [-0.1, -0.05) is 19.1 Å². The highest BCUT2D eigenvalue weighted by molar-refractivity contribution is 6.24. The first-order valence-electron chi connectivity index (χ1n) is 10.9. The van der Waals surface area contributed by atoms with Gasteiger partial charge in [-0.3, -0.25) is 29.4 Å². The molecule has 0 spiro atoms. The van der Waals surface area contributed by atoms with Crippen LogP contribution in [0, 0.1) is 0 Å². The van der Waals surface area contributed by atoms with E-state index in [4.69, 9.17) is 5.73 Å². The second kappa shape index (κ2) is 10.6. The van der Waals surface area contributed by atoms with Crippen LogP contribution >= 0.6 is 0 Å². The molecule has 0 saturated carbocycles. The molecule has 1 aromatic rings. The molecule has 1 atom stereocenters. The third kappa shape index (κ3) is 5.17. The number of amides is 4. The van der Waals surface area contributed by atoms with Gasteiger partial charge < -0.3 is 16.0 Å². The molecule has 1 aromatic carbocycles. The van der Waals surface area contributed by atoms with Crippen LogP contribution in [0.15, 0.2) is 18.2 Å². The minimum absolute atomic E-state index is 0.109. The number of hydrogen-bond acceptors (Lipinski definition) is 7. The first-order valence-corrected chi connectivity index (χ1v) is 10.9. The SMILES string of the molecule is CCN(CCCN)CCCNCc1cccc2c1C(=O)N(C1CCC(=O)NC1=O)C2=O. The van der Waals surface area contributed by atoms with Crippen molar-refractivity contribution in [1.82, 2.24) is 20.4 Å². The summed E-state index contributed by atoms with van der Waals surface area (Å²) in [5.41, 5.74) is 6.98. The third-order valence-corrected chi connectivity index (χ3v) is 5.82. The highest BCUT2D eigenvalue weighted by Crippen LogP contribution is 2.29. The number of nitrogens with two attached hydrogens (primary N) is 1. The Morgan fingerprint density at radius 2 is 1.94 bits per heavy atom. The maximum absolute atomic E-state index is 13.1. The molecule has 2 aliphatic rings. The van der Waals surface area contributed by atoms with Gasteiger partial charge in [0.2, 0.25) is 11.8 Å². The van der Waals surface area contributed by atoms with Gasteiger partial charge in [0.1, 0.15) is 6.04 Å². The Hall–Kier alpha value is -2.62. The van der Waals surface area contributed by atoms with Crippen molar-refractivity contribution in [1.29, 1.82) is 0 Å². The van der Waals surface area contributed by atoms with Gasteiger partial charge in [0, 0.05) is 13.0 Å². The molecule has 3 rings (SSSR count). The zero-order chi connectivity index (χ0) is 22.4. The van der Waals surface area contributed by atoms with Crippen molar-refractivity contribution in [3.63, 3.8) is 0 Å². The molecule has 0 bridgehead atoms. The first kappa shape index (κ1) is 23.1. The lowest BCUT2D eigenvalue weighted by atomic mass is 10.0. The molecular formula is C22H31N5O4. The minimum Gasteiger partial charge on any atom is -0.330 e. The first-order chi connectivity index (χ1) is 15.0. The maximum atomic E-state index is 13.1. The number of piperidine rings is 1. The molecule has 0 aliphatic carbocycles. The number of carbonyl (C=O) groups excluding carboxylic acids is 4. The van der Waals surface area contributed by atoms with Gasteiger partial charge in [-0.25, -0.2) is 0 Å². The monoisotopic (exact) mass is 429 g/mol. The number of imide groups is 2. The van der Waals surface area contributed by atoms with E-state index in [0.717, 1.165) is 49.5 Å². The molecule has 31 heavy (non-hydrogen) atoms. The zero-order valence-electron chi connectivity index (χ0n) is 18.0. The Morgan fingerprint density at radius 3 is 2.65 bits per heavy atom. The molecule has 9 heteroatoms. The van der Waals surface area contributed by atoms with Gasteiger partial charge >= 0.3 is 0 Å². The van der Waals surface area contributed by atoms with E-state index >= 15 is 0 Å². The van der Waals surface area contributed by atoms with Crippen LogP contribution in [0.1, 0.15) is 58.9 Å². The number of fused-ring (bicyclic) bond motifs is 1. The number of carbonyl (C=O) groups is 4. The zero-order valence-corrected chi connectivity index (χ0v) is 18.0. The highest BCUT2D eigenvalue weighted by Gasteiger charge is 2.45. The van der Waals surface area contributed by atoms with Gasteiger partial charge in [-0.05, 0) is 63.6 Å². The molecule has 4 N–H and O–H groups in total. The molecular weight excluding hydrogens is 398 g/mol. The standard InChI is InChI=1S/C22H31N5O4/c1-2-26(12-4-10-23)13-5-11-24-14-15-6-3-7-16-19(15)22(31)27(21(16)30)17-8-9-18(28)25-20(17)29/h3,6-7,17,24H,2,4-5,8-14,23H2,1H3,(H,25,28,29). The Balaban J connectivity index is 1.60. The van der Waals surface area contributed by atoms with Crippen LogP contribution in [-0.2, 0) is 16.1 Å². The maximum Gasteiger partial charge on any atom is 0.262 e. The van der Waals surface area contributed by atoms with Crippen molar-refractivity contribution in [2.45, 2.75) is 45.2 Å². The van der Waals surface area contributed by atoms with Crippen LogP contribution in [0.2, 0.25) is 0 Å². The van der Waals surface area contributed by atoms with E-state index in [-0.39, 0.29) is 18.7 Å². The van der Waals surface area contributed by atoms with E-state index in [1.807, 2.05) is 6.07 Å². The van der Waals surface area contributed by atoms with Crippen molar-refractivity contribution in [2.75, 3.05) is 32.7 Å². The summed E-state index contributed by atoms with van der Waals surface area (Å²) in [5, 5.41) is 5.57. The number of benzene rings is 1. The molecule has 9 nitrogen and oxygen atoms in total. The largest absolute Gasteiger partial charge is 0.330 e. The van der Waals surface area contributed by atoms with Crippen molar-refractivity contribution in [2.24, 2.45) is 5.73 Å². The van der Waals surface area contributed by atoms with E-state index < -0.39 is 23.8 Å². The average Bonchev–Trinajstić information content (AvgIpc) is 3.01. The molecule has 1 saturated heterocycles. The lowest BCUT2D eigenvalue weighted by Crippen LogP contribution is -2.54. The second-order valence-corrected chi connectivity index (χ2v) is 7.89. The molecule has 4 amide bonds. The van der Waals surface area contributed by atoms with Crippen molar-refractivity contribution in [3.05, 3.63) is 34.9 Å². The predicted octanol–water partition coefficient (Wildman–Crippen LogP) is 0.238. The summed E-state index contributed by atoms with van der Waals surface area (Å²) in [6.07, 6.45) is 2.21. The van der Waals surface area contributed by atoms with Gasteiger partial charge in [0.05, 0.1) is 11.1 Å². The molecule has 1 unspecified atom stereocenters. The Kier molecular flexibility index (Phi) is 7.89. The van der Waals surface area contributed by atoms with Crippen LogP contribution in [0.25, 0.3) is 0 Å². The summed E-state index contributed by atoms with van der Waals surface area (Å²) in [6, 6.07) is 4.24. The molecule has 0 aromatic heterocycles. The third-order valence-electron chi connectivity index (χ3n) is 5.82. The van der Waals surface area contributed by atoms with Crippen LogP contribution < -0.4 is 16.4 Å². The summed E-state index contributed by atoms with van der Waals surface area (Å²) < 4.78 is 0. The fourth-order valence-corrected chi connectivity index (χ4v) is 4.13. The van der Waals surface area contributed by atoms with E-state index in [1.54, 1.807) is 12.1 Å². The van der Waals surface area contributed by atoms with Gasteiger partial charge in [0.15, 0.2) is 0 Å². The molecule has 168 valence electrons. The topological polar surface area (TPSA) is 125 Å². The lowest BCUT2D eigenvalue weighted by molar-refractivity contribution is -0.136. The molecule has 2 aliphatic heterocycles. The second-order valence-electron chi connectivity index (χ2n) is 7.89. The fourth-order valence-electron chi connectivity index (χ4n) is 4.13. The smallest absolute Gasteiger partial charge is 0.262 e. The lowest BCUT2D eigenvalue weighted by Gasteiger charge is -2.27. The quantitative estimate of drug-likeness (QED) is 0.340. The van der Waals surface area contributed by atoms with Gasteiger partial charge in [0.25, 0.3) is 11.8 Å². The van der Waals surface area contributed by atoms with Crippen molar-refractivity contribution < 1.29 is 19.2 Å². The number of rotatable bonds is 11. The summed E-state index contributed by atoms with van der Waals surface area (Å²) in [5.74, 6) is -1.92. The van der Waals surface area contributed by atoms with Crippen LogP contribution in [0.5, 0.6) is 0 Å². The Bertz CT molecular complexity index is 856. The summed E-state index contributed by atoms with van der Waals surface area (Å²) >= 11 is 0. The van der Waals surface area contributed by atoms with Crippen LogP contribution in [0.3, 0.4) is 0 Å². The summed E-state index contributed by atoms with van der Waals surface area (Å²) in [6.45, 7) is 7.01. The number of hydrogen-bond donors (Lipinski definition) is 3. The predicted molar refractivity (Wildman–Crippen MR) is 115 cm³/mol. The van der Waals surface area contributed by atoms with Gasteiger partial charge in [-0.15, -0.1) is 0 Å². The van der Waals surface area contributed by atoms with E-state index in [9.17, 15) is 19.2 Å². The minimum atomic E-state index is -0.945. The van der Waals surface area contributed by atoms with E-state index in [2.05, 4.69) is 22.5 Å². The fraction of sp³-hybridized carbons (Fsp3) is 0.545.